The van der Waals surface area contributed by atoms with Crippen molar-refractivity contribution in [3.8, 4) is 0 Å². The Labute approximate surface area is 241 Å². The number of anilines is 1. The van der Waals surface area contributed by atoms with Crippen LogP contribution in [0.3, 0.4) is 0 Å². The highest BCUT2D eigenvalue weighted by atomic mass is 16.2. The summed E-state index contributed by atoms with van der Waals surface area (Å²) in [5.41, 5.74) is 2.58. The van der Waals surface area contributed by atoms with Gasteiger partial charge in [0.1, 0.15) is 12.3 Å². The van der Waals surface area contributed by atoms with Gasteiger partial charge in [-0.15, -0.1) is 0 Å². The van der Waals surface area contributed by atoms with E-state index in [-0.39, 0.29) is 46.1 Å². The molecule has 4 aliphatic rings. The van der Waals surface area contributed by atoms with E-state index in [1.807, 2.05) is 52.0 Å². The van der Waals surface area contributed by atoms with Crippen molar-refractivity contribution in [2.24, 2.45) is 39.9 Å². The van der Waals surface area contributed by atoms with Gasteiger partial charge in [0.05, 0.1) is 0 Å². The number of amides is 2. The van der Waals surface area contributed by atoms with Crippen LogP contribution in [0.1, 0.15) is 99.0 Å². The Morgan fingerprint density at radius 3 is 2.30 bits per heavy atom. The summed E-state index contributed by atoms with van der Waals surface area (Å²) in [6, 6.07) is 7.99. The van der Waals surface area contributed by atoms with E-state index in [1.165, 1.54) is 5.57 Å². The number of nitrogens with one attached hydrogen (secondary N) is 1. The lowest BCUT2D eigenvalue weighted by molar-refractivity contribution is -0.135. The Morgan fingerprint density at radius 1 is 0.975 bits per heavy atom. The summed E-state index contributed by atoms with van der Waals surface area (Å²) in [5, 5.41) is 3.06. The van der Waals surface area contributed by atoms with Crippen molar-refractivity contribution in [3.63, 3.8) is 0 Å². The van der Waals surface area contributed by atoms with E-state index in [2.05, 4.69) is 39.1 Å². The average Bonchev–Trinajstić information content (AvgIpc) is 3.21. The molecule has 6 atom stereocenters. The van der Waals surface area contributed by atoms with Crippen LogP contribution in [-0.4, -0.2) is 29.7 Å². The molecule has 0 saturated heterocycles. The van der Waals surface area contributed by atoms with Crippen molar-refractivity contribution < 1.29 is 14.4 Å². The lowest BCUT2D eigenvalue weighted by Gasteiger charge is -2.59. The predicted octanol–water partition coefficient (Wildman–Crippen LogP) is 7.03. The number of ketones is 1. The summed E-state index contributed by atoms with van der Waals surface area (Å²) in [6.07, 6.45) is 9.15. The zero-order valence-corrected chi connectivity index (χ0v) is 26.0. The highest BCUT2D eigenvalue weighted by molar-refractivity contribution is 6.00. The molecule has 40 heavy (non-hydrogen) atoms. The molecule has 5 heteroatoms. The molecule has 2 amide bonds. The van der Waals surface area contributed by atoms with Crippen LogP contribution in [0.5, 0.6) is 0 Å². The molecule has 218 valence electrons. The molecule has 0 aliphatic heterocycles. The molecule has 1 aromatic rings. The summed E-state index contributed by atoms with van der Waals surface area (Å²) in [5.74, 6) is 1.86. The van der Waals surface area contributed by atoms with Crippen molar-refractivity contribution >= 4 is 23.3 Å². The van der Waals surface area contributed by atoms with Crippen LogP contribution >= 0.6 is 0 Å². The fourth-order valence-electron chi connectivity index (χ4n) is 9.44. The summed E-state index contributed by atoms with van der Waals surface area (Å²) in [6.45, 7) is 17.0. The van der Waals surface area contributed by atoms with Gasteiger partial charge in [0.15, 0.2) is 0 Å². The number of carbonyl (C=O) groups excluding carboxylic acids is 3. The number of benzene rings is 1. The summed E-state index contributed by atoms with van der Waals surface area (Å²) >= 11 is 0. The van der Waals surface area contributed by atoms with Crippen molar-refractivity contribution in [2.45, 2.75) is 106 Å². The molecule has 0 radical (unpaired) electrons. The molecular formula is C35H50N2O3. The minimum atomic E-state index is -0.366. The van der Waals surface area contributed by atoms with Crippen molar-refractivity contribution in [3.05, 3.63) is 41.5 Å². The van der Waals surface area contributed by atoms with E-state index in [0.29, 0.717) is 30.0 Å². The van der Waals surface area contributed by atoms with Gasteiger partial charge in [0.2, 0.25) is 11.8 Å². The molecule has 1 N–H and O–H groups in total. The Bertz CT molecular complexity index is 1220. The highest BCUT2D eigenvalue weighted by Crippen LogP contribution is 2.67. The maximum Gasteiger partial charge on any atom is 0.240 e. The van der Waals surface area contributed by atoms with Crippen LogP contribution in [0.2, 0.25) is 0 Å². The van der Waals surface area contributed by atoms with Crippen LogP contribution in [0, 0.1) is 46.8 Å². The first-order chi connectivity index (χ1) is 18.6. The van der Waals surface area contributed by atoms with Crippen LogP contribution in [0.25, 0.3) is 0 Å². The maximum atomic E-state index is 14.5. The van der Waals surface area contributed by atoms with Gasteiger partial charge in [0, 0.05) is 29.0 Å². The second kappa shape index (κ2) is 9.84. The van der Waals surface area contributed by atoms with Gasteiger partial charge in [0.25, 0.3) is 0 Å². The quantitative estimate of drug-likeness (QED) is 0.413. The van der Waals surface area contributed by atoms with Crippen molar-refractivity contribution in [1.82, 2.24) is 5.32 Å². The van der Waals surface area contributed by atoms with Crippen LogP contribution < -0.4 is 10.2 Å². The lowest BCUT2D eigenvalue weighted by Crippen LogP contribution is -2.55. The second-order valence-corrected chi connectivity index (χ2v) is 15.4. The largest absolute Gasteiger partial charge is 0.350 e. The highest BCUT2D eigenvalue weighted by Gasteiger charge is 2.62. The number of hydrogen-bond acceptors (Lipinski definition) is 3. The minimum absolute atomic E-state index is 0.0374. The number of fused-ring (bicyclic) bond motifs is 5. The third-order valence-electron chi connectivity index (χ3n) is 11.4. The van der Waals surface area contributed by atoms with Crippen molar-refractivity contribution in [2.75, 3.05) is 11.4 Å². The molecule has 3 fully saturated rings. The number of hydrogen-bond donors (Lipinski definition) is 1. The molecule has 0 heterocycles. The SMILES string of the molecule is Cc1ccc(N(CC(=O)NC(C)(C)C)C(=O)[C@H]2CC[C@H]3[C@@H]4CC=C5C(C)(C)C(=O)CC[C@]5(C)[C@H]4CC[C@]23C)cc1. The fraction of sp³-hybridized carbons (Fsp3) is 0.686. The summed E-state index contributed by atoms with van der Waals surface area (Å²) in [4.78, 5) is 42.2. The standard InChI is InChI=1S/C35H50N2O3/c1-22-9-11-23(12-10-22)37(21-30(39)36-32(2,3)4)31(40)27-15-14-25-24-13-16-28-33(5,6)29(38)18-20-35(28,8)26(24)17-19-34(25,27)7/h9-12,16,24-27H,13-15,17-21H2,1-8H3,(H,36,39)/t24-,25-,26-,27+,34-,35+/m0/s1. The van der Waals surface area contributed by atoms with Gasteiger partial charge in [-0.3, -0.25) is 14.4 Å². The number of Topliss-reactive ketones (excluding diaryl/α,β-unsaturated/α-hetero) is 1. The Hall–Kier alpha value is -2.43. The fourth-order valence-corrected chi connectivity index (χ4v) is 9.44. The minimum Gasteiger partial charge on any atom is -0.350 e. The number of nitrogens with zero attached hydrogens (tertiary/aromatic N) is 1. The topological polar surface area (TPSA) is 66.5 Å². The van der Waals surface area contributed by atoms with Gasteiger partial charge in [-0.1, -0.05) is 43.2 Å². The third-order valence-corrected chi connectivity index (χ3v) is 11.4. The van der Waals surface area contributed by atoms with Gasteiger partial charge in [-0.05, 0) is 121 Å². The maximum absolute atomic E-state index is 14.5. The normalized spacial score (nSPS) is 34.7. The second-order valence-electron chi connectivity index (χ2n) is 15.4. The first-order valence-electron chi connectivity index (χ1n) is 15.5. The lowest BCUT2D eigenvalue weighted by atomic mass is 9.44. The zero-order chi connectivity index (χ0) is 29.3. The van der Waals surface area contributed by atoms with Crippen LogP contribution in [0.4, 0.5) is 5.69 Å². The van der Waals surface area contributed by atoms with E-state index in [4.69, 9.17) is 0 Å². The molecule has 5 nitrogen and oxygen atoms in total. The average molecular weight is 547 g/mol. The van der Waals surface area contributed by atoms with Gasteiger partial charge in [-0.2, -0.15) is 0 Å². The number of rotatable bonds is 4. The number of aryl methyl sites for hydroxylation is 1. The molecule has 5 rings (SSSR count). The molecule has 0 bridgehead atoms. The molecule has 0 spiro atoms. The first-order valence-corrected chi connectivity index (χ1v) is 15.5. The van der Waals surface area contributed by atoms with Gasteiger partial charge in [-0.25, -0.2) is 0 Å². The summed E-state index contributed by atoms with van der Waals surface area (Å²) in [7, 11) is 0. The molecular weight excluding hydrogens is 496 g/mol. The van der Waals surface area contributed by atoms with E-state index >= 15 is 0 Å². The van der Waals surface area contributed by atoms with Gasteiger partial charge >= 0.3 is 0 Å². The van der Waals surface area contributed by atoms with Gasteiger partial charge < -0.3 is 10.2 Å². The van der Waals surface area contributed by atoms with E-state index < -0.39 is 0 Å². The van der Waals surface area contributed by atoms with E-state index in [1.54, 1.807) is 4.90 Å². The monoisotopic (exact) mass is 546 g/mol. The van der Waals surface area contributed by atoms with E-state index in [0.717, 1.165) is 49.8 Å². The summed E-state index contributed by atoms with van der Waals surface area (Å²) < 4.78 is 0. The number of carbonyl (C=O) groups is 3. The molecule has 0 aromatic heterocycles. The third kappa shape index (κ3) is 4.75. The Balaban J connectivity index is 1.43. The van der Waals surface area contributed by atoms with Crippen LogP contribution in [-0.2, 0) is 14.4 Å². The first kappa shape index (κ1) is 29.1. The van der Waals surface area contributed by atoms with E-state index in [9.17, 15) is 14.4 Å². The molecule has 1 aromatic carbocycles. The predicted molar refractivity (Wildman–Crippen MR) is 161 cm³/mol. The zero-order valence-electron chi connectivity index (χ0n) is 26.0. The Kier molecular flexibility index (Phi) is 7.15. The van der Waals surface area contributed by atoms with Crippen LogP contribution in [0.15, 0.2) is 35.9 Å². The Morgan fingerprint density at radius 2 is 1.65 bits per heavy atom. The van der Waals surface area contributed by atoms with Crippen molar-refractivity contribution in [1.29, 1.82) is 0 Å². The molecule has 3 saturated carbocycles. The smallest absolute Gasteiger partial charge is 0.240 e. The molecule has 4 aliphatic carbocycles. The number of allylic oxidation sites excluding steroid dienone is 2. The molecule has 0 unspecified atom stereocenters.